The van der Waals surface area contributed by atoms with Gasteiger partial charge in [-0.25, -0.2) is 13.1 Å². The summed E-state index contributed by atoms with van der Waals surface area (Å²) >= 11 is 5.43. The SMILES string of the molecule is CCCCOCCCNS(=O)(=O)CCCCl. The first kappa shape index (κ1) is 16.2. The van der Waals surface area contributed by atoms with Gasteiger partial charge in [-0.3, -0.25) is 0 Å². The molecule has 0 aliphatic rings. The van der Waals surface area contributed by atoms with E-state index >= 15 is 0 Å². The third-order valence-corrected chi connectivity index (χ3v) is 3.71. The highest BCUT2D eigenvalue weighted by Crippen LogP contribution is 1.93. The summed E-state index contributed by atoms with van der Waals surface area (Å²) in [6, 6.07) is 0. The number of nitrogens with one attached hydrogen (secondary N) is 1. The number of hydrogen-bond acceptors (Lipinski definition) is 3. The van der Waals surface area contributed by atoms with Gasteiger partial charge in [0.1, 0.15) is 0 Å². The Bertz CT molecular complexity index is 244. The monoisotopic (exact) mass is 271 g/mol. The quantitative estimate of drug-likeness (QED) is 0.460. The van der Waals surface area contributed by atoms with Gasteiger partial charge >= 0.3 is 0 Å². The molecule has 0 saturated heterocycles. The van der Waals surface area contributed by atoms with Crippen molar-refractivity contribution in [3.05, 3.63) is 0 Å². The lowest BCUT2D eigenvalue weighted by molar-refractivity contribution is 0.130. The van der Waals surface area contributed by atoms with E-state index < -0.39 is 10.0 Å². The van der Waals surface area contributed by atoms with Gasteiger partial charge in [-0.15, -0.1) is 11.6 Å². The van der Waals surface area contributed by atoms with Gasteiger partial charge in [0.25, 0.3) is 0 Å². The number of unbranched alkanes of at least 4 members (excludes halogenated alkanes) is 1. The molecule has 0 spiro atoms. The van der Waals surface area contributed by atoms with Gasteiger partial charge in [0.05, 0.1) is 5.75 Å². The van der Waals surface area contributed by atoms with Crippen molar-refractivity contribution >= 4 is 21.6 Å². The molecule has 0 radical (unpaired) electrons. The zero-order valence-corrected chi connectivity index (χ0v) is 11.4. The second-order valence-corrected chi connectivity index (χ2v) is 5.88. The number of ether oxygens (including phenoxy) is 1. The maximum atomic E-state index is 11.3. The number of hydrogen-bond donors (Lipinski definition) is 1. The van der Waals surface area contributed by atoms with Crippen LogP contribution in [0.25, 0.3) is 0 Å². The molecule has 0 fully saturated rings. The van der Waals surface area contributed by atoms with Gasteiger partial charge < -0.3 is 4.74 Å². The van der Waals surface area contributed by atoms with Crippen LogP contribution >= 0.6 is 11.6 Å². The number of alkyl halides is 1. The summed E-state index contributed by atoms with van der Waals surface area (Å²) in [5.41, 5.74) is 0. The van der Waals surface area contributed by atoms with E-state index in [1.54, 1.807) is 0 Å². The number of sulfonamides is 1. The molecule has 98 valence electrons. The molecule has 0 heterocycles. The first-order valence-corrected chi connectivity index (χ1v) is 7.92. The molecule has 0 amide bonds. The van der Waals surface area contributed by atoms with Crippen molar-refractivity contribution in [2.45, 2.75) is 32.6 Å². The summed E-state index contributed by atoms with van der Waals surface area (Å²) in [5, 5.41) is 0. The highest BCUT2D eigenvalue weighted by molar-refractivity contribution is 7.89. The molecule has 6 heteroatoms. The van der Waals surface area contributed by atoms with Crippen molar-refractivity contribution in [1.29, 1.82) is 0 Å². The molecule has 16 heavy (non-hydrogen) atoms. The van der Waals surface area contributed by atoms with Gasteiger partial charge in [-0.1, -0.05) is 13.3 Å². The lowest BCUT2D eigenvalue weighted by atomic mass is 10.4. The van der Waals surface area contributed by atoms with E-state index in [1.807, 2.05) is 0 Å². The molecule has 0 unspecified atom stereocenters. The number of halogens is 1. The zero-order chi connectivity index (χ0) is 12.3. The summed E-state index contributed by atoms with van der Waals surface area (Å²) < 4.78 is 30.5. The minimum Gasteiger partial charge on any atom is -0.381 e. The molecule has 0 saturated carbocycles. The van der Waals surface area contributed by atoms with Crippen molar-refractivity contribution in [2.75, 3.05) is 31.4 Å². The lowest BCUT2D eigenvalue weighted by Gasteiger charge is -2.06. The summed E-state index contributed by atoms with van der Waals surface area (Å²) in [6.07, 6.45) is 3.38. The molecule has 0 aliphatic carbocycles. The van der Waals surface area contributed by atoms with E-state index in [2.05, 4.69) is 11.6 Å². The van der Waals surface area contributed by atoms with Crippen LogP contribution in [-0.2, 0) is 14.8 Å². The molecule has 0 aromatic heterocycles. The van der Waals surface area contributed by atoms with Crippen LogP contribution in [0.15, 0.2) is 0 Å². The molecular formula is C10H22ClNO3S. The third-order valence-electron chi connectivity index (χ3n) is 1.98. The van der Waals surface area contributed by atoms with Gasteiger partial charge in [0, 0.05) is 25.6 Å². The Balaban J connectivity index is 3.36. The molecule has 0 rings (SSSR count). The molecule has 0 aromatic rings. The first-order chi connectivity index (χ1) is 7.62. The Morgan fingerprint density at radius 3 is 2.50 bits per heavy atom. The third kappa shape index (κ3) is 10.7. The van der Waals surface area contributed by atoms with Crippen LogP contribution in [0.3, 0.4) is 0 Å². The zero-order valence-electron chi connectivity index (χ0n) is 9.87. The van der Waals surface area contributed by atoms with E-state index in [9.17, 15) is 8.42 Å². The first-order valence-electron chi connectivity index (χ1n) is 5.73. The van der Waals surface area contributed by atoms with Gasteiger partial charge in [-0.05, 0) is 19.3 Å². The van der Waals surface area contributed by atoms with Crippen LogP contribution in [0.2, 0.25) is 0 Å². The number of rotatable bonds is 11. The largest absolute Gasteiger partial charge is 0.381 e. The van der Waals surface area contributed by atoms with Crippen molar-refractivity contribution in [3.8, 4) is 0 Å². The van der Waals surface area contributed by atoms with Crippen LogP contribution in [0, 0.1) is 0 Å². The molecule has 0 aliphatic heterocycles. The van der Waals surface area contributed by atoms with Crippen LogP contribution in [0.5, 0.6) is 0 Å². The topological polar surface area (TPSA) is 55.4 Å². The van der Waals surface area contributed by atoms with Crippen molar-refractivity contribution in [3.63, 3.8) is 0 Å². The van der Waals surface area contributed by atoms with E-state index in [4.69, 9.17) is 16.3 Å². The molecule has 1 N–H and O–H groups in total. The van der Waals surface area contributed by atoms with E-state index in [1.165, 1.54) is 0 Å². The highest BCUT2D eigenvalue weighted by atomic mass is 35.5. The van der Waals surface area contributed by atoms with Gasteiger partial charge in [0.15, 0.2) is 0 Å². The Kier molecular flexibility index (Phi) is 10.4. The fourth-order valence-electron chi connectivity index (χ4n) is 1.07. The summed E-state index contributed by atoms with van der Waals surface area (Å²) in [5.74, 6) is 0.480. The van der Waals surface area contributed by atoms with Gasteiger partial charge in [-0.2, -0.15) is 0 Å². The summed E-state index contributed by atoms with van der Waals surface area (Å²) in [4.78, 5) is 0. The second kappa shape index (κ2) is 10.3. The van der Waals surface area contributed by atoms with E-state index in [-0.39, 0.29) is 5.75 Å². The normalized spacial score (nSPS) is 11.9. The highest BCUT2D eigenvalue weighted by Gasteiger charge is 2.07. The Hall–Kier alpha value is 0.160. The predicted octanol–water partition coefficient (Wildman–Crippen LogP) is 1.74. The Morgan fingerprint density at radius 1 is 1.19 bits per heavy atom. The minimum absolute atomic E-state index is 0.104. The second-order valence-electron chi connectivity index (χ2n) is 3.58. The lowest BCUT2D eigenvalue weighted by Crippen LogP contribution is -2.28. The van der Waals surface area contributed by atoms with Crippen LogP contribution in [0.1, 0.15) is 32.6 Å². The van der Waals surface area contributed by atoms with E-state index in [0.29, 0.717) is 31.9 Å². The van der Waals surface area contributed by atoms with Crippen molar-refractivity contribution in [1.82, 2.24) is 4.72 Å². The molecule has 0 atom stereocenters. The van der Waals surface area contributed by atoms with Crippen LogP contribution < -0.4 is 4.72 Å². The van der Waals surface area contributed by atoms with Crippen molar-refractivity contribution < 1.29 is 13.2 Å². The standard InChI is InChI=1S/C10H22ClNO3S/c1-2-3-8-15-9-5-7-12-16(13,14)10-4-6-11/h12H,2-10H2,1H3. The maximum Gasteiger partial charge on any atom is 0.211 e. The maximum absolute atomic E-state index is 11.3. The van der Waals surface area contributed by atoms with Crippen LogP contribution in [0.4, 0.5) is 0 Å². The molecular weight excluding hydrogens is 250 g/mol. The predicted molar refractivity (Wildman–Crippen MR) is 67.5 cm³/mol. The summed E-state index contributed by atoms with van der Waals surface area (Å²) in [6.45, 7) is 3.92. The summed E-state index contributed by atoms with van der Waals surface area (Å²) in [7, 11) is -3.13. The van der Waals surface area contributed by atoms with Gasteiger partial charge in [0.2, 0.25) is 10.0 Å². The minimum atomic E-state index is -3.13. The smallest absolute Gasteiger partial charge is 0.211 e. The molecule has 0 bridgehead atoms. The Labute approximate surface area is 104 Å². The fourth-order valence-corrected chi connectivity index (χ4v) is 2.48. The molecule has 0 aromatic carbocycles. The van der Waals surface area contributed by atoms with Crippen LogP contribution in [-0.4, -0.2) is 39.8 Å². The van der Waals surface area contributed by atoms with Crippen molar-refractivity contribution in [2.24, 2.45) is 0 Å². The fraction of sp³-hybridized carbons (Fsp3) is 1.00. The average Bonchev–Trinajstić information content (AvgIpc) is 2.25. The Morgan fingerprint density at radius 2 is 1.88 bits per heavy atom. The molecule has 4 nitrogen and oxygen atoms in total. The average molecular weight is 272 g/mol. The van der Waals surface area contributed by atoms with E-state index in [0.717, 1.165) is 19.4 Å².